The number of hydrogen-bond donors (Lipinski definition) is 0. The second-order valence-corrected chi connectivity index (χ2v) is 7.83. The standard InChI is InChI=1S/C19H27N3OS/c1-3-22(15-9-5-4-6-10-15)19(23)14-21(2)13-18-20-16-11-7-8-12-17(16)24-18/h7-8,11-12,15H,3-6,9-10,13-14H2,1-2H3. The predicted molar refractivity (Wildman–Crippen MR) is 100 cm³/mol. The van der Waals surface area contributed by atoms with Gasteiger partial charge in [0.25, 0.3) is 0 Å². The third-order valence-corrected chi connectivity index (χ3v) is 5.85. The predicted octanol–water partition coefficient (Wildman–Crippen LogP) is 3.91. The third kappa shape index (κ3) is 4.14. The molecule has 1 amide bonds. The molecule has 1 aliphatic carbocycles. The first-order valence-electron chi connectivity index (χ1n) is 9.00. The minimum absolute atomic E-state index is 0.257. The Labute approximate surface area is 148 Å². The van der Waals surface area contributed by atoms with Crippen molar-refractivity contribution in [2.24, 2.45) is 0 Å². The summed E-state index contributed by atoms with van der Waals surface area (Å²) in [4.78, 5) is 21.6. The summed E-state index contributed by atoms with van der Waals surface area (Å²) in [5.74, 6) is 0.257. The lowest BCUT2D eigenvalue weighted by atomic mass is 9.94. The minimum atomic E-state index is 0.257. The zero-order valence-electron chi connectivity index (χ0n) is 14.7. The molecule has 0 N–H and O–H groups in total. The Hall–Kier alpha value is -1.46. The summed E-state index contributed by atoms with van der Waals surface area (Å²) in [6.07, 6.45) is 6.17. The fourth-order valence-electron chi connectivity index (χ4n) is 3.63. The second-order valence-electron chi connectivity index (χ2n) is 6.72. The van der Waals surface area contributed by atoms with Gasteiger partial charge in [0.05, 0.1) is 23.3 Å². The van der Waals surface area contributed by atoms with E-state index in [-0.39, 0.29) is 5.91 Å². The number of rotatable bonds is 6. The number of amides is 1. The van der Waals surface area contributed by atoms with Gasteiger partial charge >= 0.3 is 0 Å². The molecule has 4 nitrogen and oxygen atoms in total. The molecule has 130 valence electrons. The molecular weight excluding hydrogens is 318 g/mol. The molecule has 3 rings (SSSR count). The van der Waals surface area contributed by atoms with Crippen LogP contribution in [-0.4, -0.2) is 46.9 Å². The Bertz CT molecular complexity index is 645. The van der Waals surface area contributed by atoms with Crippen molar-refractivity contribution in [1.29, 1.82) is 0 Å². The highest BCUT2D eigenvalue weighted by molar-refractivity contribution is 7.18. The van der Waals surface area contributed by atoms with Crippen molar-refractivity contribution >= 4 is 27.5 Å². The molecular formula is C19H27N3OS. The number of thiazole rings is 1. The maximum atomic E-state index is 12.7. The van der Waals surface area contributed by atoms with E-state index in [4.69, 9.17) is 0 Å². The Morgan fingerprint density at radius 3 is 2.71 bits per heavy atom. The highest BCUT2D eigenvalue weighted by Crippen LogP contribution is 2.24. The van der Waals surface area contributed by atoms with Gasteiger partial charge < -0.3 is 4.90 Å². The number of aromatic nitrogens is 1. The second kappa shape index (κ2) is 8.08. The van der Waals surface area contributed by atoms with E-state index in [1.54, 1.807) is 11.3 Å². The smallest absolute Gasteiger partial charge is 0.236 e. The molecule has 0 aliphatic heterocycles. The van der Waals surface area contributed by atoms with E-state index in [1.807, 2.05) is 25.2 Å². The van der Waals surface area contributed by atoms with Gasteiger partial charge in [0, 0.05) is 12.6 Å². The maximum absolute atomic E-state index is 12.7. The molecule has 24 heavy (non-hydrogen) atoms. The van der Waals surface area contributed by atoms with Gasteiger partial charge in [-0.05, 0) is 38.9 Å². The van der Waals surface area contributed by atoms with Crippen molar-refractivity contribution in [3.8, 4) is 0 Å². The number of hydrogen-bond acceptors (Lipinski definition) is 4. The summed E-state index contributed by atoms with van der Waals surface area (Å²) < 4.78 is 1.21. The van der Waals surface area contributed by atoms with Gasteiger partial charge in [-0.25, -0.2) is 4.98 Å². The number of para-hydroxylation sites is 1. The van der Waals surface area contributed by atoms with E-state index in [0.717, 1.165) is 23.6 Å². The largest absolute Gasteiger partial charge is 0.339 e. The summed E-state index contributed by atoms with van der Waals surface area (Å²) in [5, 5.41) is 1.08. The number of likely N-dealkylation sites (N-methyl/N-ethyl adjacent to an activating group) is 2. The Morgan fingerprint density at radius 2 is 2.00 bits per heavy atom. The summed E-state index contributed by atoms with van der Waals surface area (Å²) in [6, 6.07) is 8.65. The van der Waals surface area contributed by atoms with Crippen molar-refractivity contribution in [2.45, 2.75) is 51.6 Å². The molecule has 1 saturated carbocycles. The first kappa shape index (κ1) is 17.4. The zero-order chi connectivity index (χ0) is 16.9. The van der Waals surface area contributed by atoms with Crippen LogP contribution in [0.4, 0.5) is 0 Å². The van der Waals surface area contributed by atoms with Gasteiger partial charge in [-0.3, -0.25) is 9.69 Å². The number of nitrogens with zero attached hydrogens (tertiary/aromatic N) is 3. The van der Waals surface area contributed by atoms with E-state index in [2.05, 4.69) is 27.8 Å². The van der Waals surface area contributed by atoms with Gasteiger partial charge in [-0.2, -0.15) is 0 Å². The first-order chi connectivity index (χ1) is 11.7. The molecule has 1 heterocycles. The highest BCUT2D eigenvalue weighted by atomic mass is 32.1. The minimum Gasteiger partial charge on any atom is -0.339 e. The molecule has 1 fully saturated rings. The molecule has 0 radical (unpaired) electrons. The zero-order valence-corrected chi connectivity index (χ0v) is 15.5. The van der Waals surface area contributed by atoms with Gasteiger partial charge in [0.2, 0.25) is 5.91 Å². The lowest BCUT2D eigenvalue weighted by molar-refractivity contribution is -0.135. The van der Waals surface area contributed by atoms with Gasteiger partial charge in [0.15, 0.2) is 0 Å². The van der Waals surface area contributed by atoms with E-state index in [0.29, 0.717) is 12.6 Å². The lowest BCUT2D eigenvalue weighted by Gasteiger charge is -2.34. The van der Waals surface area contributed by atoms with Gasteiger partial charge in [-0.15, -0.1) is 11.3 Å². The third-order valence-electron chi connectivity index (χ3n) is 4.83. The van der Waals surface area contributed by atoms with Crippen LogP contribution in [0.3, 0.4) is 0 Å². The van der Waals surface area contributed by atoms with Crippen LogP contribution in [0.1, 0.15) is 44.0 Å². The topological polar surface area (TPSA) is 36.4 Å². The normalized spacial score (nSPS) is 16.0. The molecule has 0 bridgehead atoms. The average Bonchev–Trinajstić information content (AvgIpc) is 2.98. The summed E-state index contributed by atoms with van der Waals surface area (Å²) in [7, 11) is 2.01. The molecule has 0 saturated heterocycles. The molecule has 0 atom stereocenters. The quantitative estimate of drug-likeness (QED) is 0.796. The van der Waals surface area contributed by atoms with E-state index >= 15 is 0 Å². The summed E-state index contributed by atoms with van der Waals surface area (Å²) >= 11 is 1.72. The maximum Gasteiger partial charge on any atom is 0.236 e. The summed E-state index contributed by atoms with van der Waals surface area (Å²) in [6.45, 7) is 4.12. The molecule has 1 aromatic carbocycles. The molecule has 1 aliphatic rings. The van der Waals surface area contributed by atoms with Crippen molar-refractivity contribution < 1.29 is 4.79 Å². The SMILES string of the molecule is CCN(C(=O)CN(C)Cc1nc2ccccc2s1)C1CCCCC1. The van der Waals surface area contributed by atoms with E-state index in [9.17, 15) is 4.79 Å². The number of fused-ring (bicyclic) bond motifs is 1. The number of benzene rings is 1. The van der Waals surface area contributed by atoms with Crippen molar-refractivity contribution in [3.05, 3.63) is 29.3 Å². The highest BCUT2D eigenvalue weighted by Gasteiger charge is 2.24. The fourth-order valence-corrected chi connectivity index (χ4v) is 4.67. The molecule has 1 aromatic heterocycles. The van der Waals surface area contributed by atoms with Crippen LogP contribution in [0, 0.1) is 0 Å². The number of carbonyl (C=O) groups excluding carboxylic acids is 1. The molecule has 2 aromatic rings. The van der Waals surface area contributed by atoms with Crippen LogP contribution < -0.4 is 0 Å². The monoisotopic (exact) mass is 345 g/mol. The fraction of sp³-hybridized carbons (Fsp3) is 0.579. The Balaban J connectivity index is 1.58. The Morgan fingerprint density at radius 1 is 1.25 bits per heavy atom. The van der Waals surface area contributed by atoms with Crippen molar-refractivity contribution in [1.82, 2.24) is 14.8 Å². The van der Waals surface area contributed by atoms with Crippen molar-refractivity contribution in [2.75, 3.05) is 20.1 Å². The average molecular weight is 346 g/mol. The van der Waals surface area contributed by atoms with Crippen LogP contribution in [0.5, 0.6) is 0 Å². The summed E-state index contributed by atoms with van der Waals surface area (Å²) in [5.41, 5.74) is 1.05. The van der Waals surface area contributed by atoms with Crippen LogP contribution in [0.2, 0.25) is 0 Å². The van der Waals surface area contributed by atoms with Crippen LogP contribution in [0.25, 0.3) is 10.2 Å². The van der Waals surface area contributed by atoms with Crippen molar-refractivity contribution in [3.63, 3.8) is 0 Å². The number of carbonyl (C=O) groups is 1. The van der Waals surface area contributed by atoms with Crippen LogP contribution in [-0.2, 0) is 11.3 Å². The first-order valence-corrected chi connectivity index (χ1v) is 9.81. The van der Waals surface area contributed by atoms with Crippen LogP contribution in [0.15, 0.2) is 24.3 Å². The van der Waals surface area contributed by atoms with E-state index < -0.39 is 0 Å². The Kier molecular flexibility index (Phi) is 5.85. The van der Waals surface area contributed by atoms with Gasteiger partial charge in [-0.1, -0.05) is 31.4 Å². The van der Waals surface area contributed by atoms with E-state index in [1.165, 1.54) is 36.8 Å². The lowest BCUT2D eigenvalue weighted by Crippen LogP contribution is -2.45. The van der Waals surface area contributed by atoms with Crippen LogP contribution >= 0.6 is 11.3 Å². The molecule has 5 heteroatoms. The molecule has 0 unspecified atom stereocenters. The molecule has 0 spiro atoms. The van der Waals surface area contributed by atoms with Gasteiger partial charge in [0.1, 0.15) is 5.01 Å².